The summed E-state index contributed by atoms with van der Waals surface area (Å²) in [4.78, 5) is 0. The predicted molar refractivity (Wildman–Crippen MR) is 84.1 cm³/mol. The Kier molecular flexibility index (Phi) is 5.34. The van der Waals surface area contributed by atoms with E-state index in [0.29, 0.717) is 6.42 Å². The fourth-order valence-electron chi connectivity index (χ4n) is 2.47. The van der Waals surface area contributed by atoms with Crippen LogP contribution in [0.5, 0.6) is 5.75 Å². The van der Waals surface area contributed by atoms with Crippen molar-refractivity contribution < 1.29 is 9.13 Å². The van der Waals surface area contributed by atoms with Crippen LogP contribution in [0, 0.1) is 5.82 Å². The molecule has 0 bridgehead atoms. The van der Waals surface area contributed by atoms with Crippen molar-refractivity contribution in [2.45, 2.75) is 32.4 Å². The van der Waals surface area contributed by atoms with Crippen molar-refractivity contribution in [3.8, 4) is 5.75 Å². The monoisotopic (exact) mass is 287 g/mol. The predicted octanol–water partition coefficient (Wildman–Crippen LogP) is 4.12. The van der Waals surface area contributed by atoms with Gasteiger partial charge in [0.2, 0.25) is 0 Å². The van der Waals surface area contributed by atoms with Crippen LogP contribution in [-0.2, 0) is 6.42 Å². The molecule has 1 unspecified atom stereocenters. The van der Waals surface area contributed by atoms with Gasteiger partial charge in [0.1, 0.15) is 11.6 Å². The van der Waals surface area contributed by atoms with Gasteiger partial charge in [-0.1, -0.05) is 30.3 Å². The highest BCUT2D eigenvalue weighted by Gasteiger charge is 2.12. The van der Waals surface area contributed by atoms with Gasteiger partial charge in [-0.15, -0.1) is 0 Å². The lowest BCUT2D eigenvalue weighted by Crippen LogP contribution is -2.31. The fourth-order valence-corrected chi connectivity index (χ4v) is 2.47. The molecule has 0 heterocycles. The molecule has 0 radical (unpaired) electrons. The highest BCUT2D eigenvalue weighted by molar-refractivity contribution is 5.29. The first-order valence-corrected chi connectivity index (χ1v) is 7.23. The second-order valence-electron chi connectivity index (χ2n) is 5.36. The average Bonchev–Trinajstić information content (AvgIpc) is 2.49. The second-order valence-corrected chi connectivity index (χ2v) is 5.36. The van der Waals surface area contributed by atoms with Crippen LogP contribution < -0.4 is 10.1 Å². The third kappa shape index (κ3) is 4.30. The zero-order chi connectivity index (χ0) is 15.2. The molecule has 0 aliphatic heterocycles. The van der Waals surface area contributed by atoms with Crippen LogP contribution in [0.1, 0.15) is 31.0 Å². The third-order valence-electron chi connectivity index (χ3n) is 3.63. The Morgan fingerprint density at radius 2 is 1.71 bits per heavy atom. The molecule has 0 aliphatic rings. The molecule has 0 aromatic heterocycles. The van der Waals surface area contributed by atoms with E-state index >= 15 is 0 Å². The van der Waals surface area contributed by atoms with Crippen molar-refractivity contribution in [2.24, 2.45) is 0 Å². The van der Waals surface area contributed by atoms with Crippen molar-refractivity contribution in [3.63, 3.8) is 0 Å². The van der Waals surface area contributed by atoms with E-state index in [-0.39, 0.29) is 17.9 Å². The molecule has 2 aromatic carbocycles. The van der Waals surface area contributed by atoms with E-state index in [1.54, 1.807) is 13.2 Å². The van der Waals surface area contributed by atoms with E-state index in [9.17, 15) is 4.39 Å². The molecular formula is C18H22FNO. The summed E-state index contributed by atoms with van der Waals surface area (Å²) in [6, 6.07) is 15.3. The van der Waals surface area contributed by atoms with Gasteiger partial charge in [-0.25, -0.2) is 4.39 Å². The molecule has 2 atom stereocenters. The SMILES string of the molecule is COc1ccc([C@@H](C)NC(C)Cc2ccccc2F)cc1. The fraction of sp³-hybridized carbons (Fsp3) is 0.333. The molecule has 0 saturated carbocycles. The molecule has 0 fully saturated rings. The molecule has 2 aromatic rings. The lowest BCUT2D eigenvalue weighted by atomic mass is 10.0. The molecular weight excluding hydrogens is 265 g/mol. The highest BCUT2D eigenvalue weighted by Crippen LogP contribution is 2.18. The number of hydrogen-bond donors (Lipinski definition) is 1. The Hall–Kier alpha value is -1.87. The van der Waals surface area contributed by atoms with Crippen LogP contribution in [0.25, 0.3) is 0 Å². The summed E-state index contributed by atoms with van der Waals surface area (Å²) >= 11 is 0. The largest absolute Gasteiger partial charge is 0.497 e. The van der Waals surface area contributed by atoms with Gasteiger partial charge in [-0.3, -0.25) is 0 Å². The smallest absolute Gasteiger partial charge is 0.126 e. The molecule has 1 N–H and O–H groups in total. The van der Waals surface area contributed by atoms with Crippen LogP contribution >= 0.6 is 0 Å². The number of methoxy groups -OCH3 is 1. The maximum Gasteiger partial charge on any atom is 0.126 e. The number of halogens is 1. The Balaban J connectivity index is 1.95. The maximum absolute atomic E-state index is 13.7. The van der Waals surface area contributed by atoms with Gasteiger partial charge in [0.15, 0.2) is 0 Å². The van der Waals surface area contributed by atoms with Crippen LogP contribution in [0.15, 0.2) is 48.5 Å². The lowest BCUT2D eigenvalue weighted by molar-refractivity contribution is 0.414. The average molecular weight is 287 g/mol. The standard InChI is InChI=1S/C18H22FNO/c1-13(12-16-6-4-5-7-18(16)19)20-14(2)15-8-10-17(21-3)11-9-15/h4-11,13-14,20H,12H2,1-3H3/t13?,14-/m1/s1. The van der Waals surface area contributed by atoms with Crippen LogP contribution in [0.3, 0.4) is 0 Å². The van der Waals surface area contributed by atoms with Gasteiger partial charge in [0, 0.05) is 12.1 Å². The van der Waals surface area contributed by atoms with Gasteiger partial charge in [0.25, 0.3) is 0 Å². The summed E-state index contributed by atoms with van der Waals surface area (Å²) in [5, 5.41) is 3.50. The van der Waals surface area contributed by atoms with Crippen LogP contribution in [0.4, 0.5) is 4.39 Å². The van der Waals surface area contributed by atoms with E-state index in [1.165, 1.54) is 11.6 Å². The third-order valence-corrected chi connectivity index (χ3v) is 3.63. The van der Waals surface area contributed by atoms with Gasteiger partial charge in [0.05, 0.1) is 7.11 Å². The van der Waals surface area contributed by atoms with Gasteiger partial charge >= 0.3 is 0 Å². The number of ether oxygens (including phenoxy) is 1. The molecule has 0 amide bonds. The highest BCUT2D eigenvalue weighted by atomic mass is 19.1. The second kappa shape index (κ2) is 7.23. The first-order chi connectivity index (χ1) is 10.1. The Bertz CT molecular complexity index is 568. The summed E-state index contributed by atoms with van der Waals surface area (Å²) < 4.78 is 18.8. The normalized spacial score (nSPS) is 13.7. The quantitative estimate of drug-likeness (QED) is 0.863. The number of benzene rings is 2. The van der Waals surface area contributed by atoms with E-state index in [1.807, 2.05) is 36.4 Å². The van der Waals surface area contributed by atoms with Gasteiger partial charge in [-0.2, -0.15) is 0 Å². The van der Waals surface area contributed by atoms with Gasteiger partial charge in [-0.05, 0) is 49.6 Å². The Morgan fingerprint density at radius 3 is 2.33 bits per heavy atom. The number of rotatable bonds is 6. The lowest BCUT2D eigenvalue weighted by Gasteiger charge is -2.21. The minimum atomic E-state index is -0.136. The van der Waals surface area contributed by atoms with Crippen molar-refractivity contribution in [1.82, 2.24) is 5.32 Å². The zero-order valence-corrected chi connectivity index (χ0v) is 12.8. The molecule has 2 nitrogen and oxygen atoms in total. The van der Waals surface area contributed by atoms with E-state index in [4.69, 9.17) is 4.74 Å². The molecule has 3 heteroatoms. The van der Waals surface area contributed by atoms with Crippen LogP contribution in [0.2, 0.25) is 0 Å². The Morgan fingerprint density at radius 1 is 1.05 bits per heavy atom. The minimum absolute atomic E-state index is 0.136. The number of hydrogen-bond acceptors (Lipinski definition) is 2. The molecule has 112 valence electrons. The number of nitrogens with one attached hydrogen (secondary N) is 1. The van der Waals surface area contributed by atoms with E-state index in [0.717, 1.165) is 11.3 Å². The van der Waals surface area contributed by atoms with E-state index in [2.05, 4.69) is 19.2 Å². The van der Waals surface area contributed by atoms with Crippen molar-refractivity contribution in [1.29, 1.82) is 0 Å². The topological polar surface area (TPSA) is 21.3 Å². The zero-order valence-electron chi connectivity index (χ0n) is 12.8. The summed E-state index contributed by atoms with van der Waals surface area (Å²) in [5.41, 5.74) is 1.94. The first-order valence-electron chi connectivity index (χ1n) is 7.23. The summed E-state index contributed by atoms with van der Waals surface area (Å²) in [7, 11) is 1.66. The summed E-state index contributed by atoms with van der Waals surface area (Å²) in [6.45, 7) is 4.19. The first kappa shape index (κ1) is 15.5. The van der Waals surface area contributed by atoms with Crippen molar-refractivity contribution in [2.75, 3.05) is 7.11 Å². The van der Waals surface area contributed by atoms with Crippen molar-refractivity contribution in [3.05, 3.63) is 65.5 Å². The summed E-state index contributed by atoms with van der Waals surface area (Å²) in [5.74, 6) is 0.716. The molecule has 0 saturated heterocycles. The maximum atomic E-state index is 13.7. The molecule has 2 rings (SSSR count). The summed E-state index contributed by atoms with van der Waals surface area (Å²) in [6.07, 6.45) is 0.674. The minimum Gasteiger partial charge on any atom is -0.497 e. The molecule has 0 aliphatic carbocycles. The van der Waals surface area contributed by atoms with Gasteiger partial charge < -0.3 is 10.1 Å². The van der Waals surface area contributed by atoms with E-state index < -0.39 is 0 Å². The molecule has 0 spiro atoms. The van der Waals surface area contributed by atoms with Crippen molar-refractivity contribution >= 4 is 0 Å². The van der Waals surface area contributed by atoms with Crippen LogP contribution in [-0.4, -0.2) is 13.2 Å². The Labute approximate surface area is 126 Å². The molecule has 21 heavy (non-hydrogen) atoms.